The molecular formula is C26H32ClFN4O3. The Bertz CT molecular complexity index is 1170. The van der Waals surface area contributed by atoms with Gasteiger partial charge < -0.3 is 19.7 Å². The summed E-state index contributed by atoms with van der Waals surface area (Å²) in [6.07, 6.45) is 3.08. The topological polar surface area (TPSA) is 76.6 Å². The molecule has 7 nitrogen and oxygen atoms in total. The summed E-state index contributed by atoms with van der Waals surface area (Å²) in [4.78, 5) is 24.4. The summed E-state index contributed by atoms with van der Waals surface area (Å²) in [6, 6.07) is 7.82. The molecule has 1 aromatic heterocycles. The van der Waals surface area contributed by atoms with Gasteiger partial charge in [-0.3, -0.25) is 9.78 Å². The molecular weight excluding hydrogens is 471 g/mol. The Morgan fingerprint density at radius 3 is 2.77 bits per heavy atom. The molecule has 1 aliphatic heterocycles. The molecule has 1 fully saturated rings. The number of carbonyl (C=O) groups is 1. The van der Waals surface area contributed by atoms with E-state index in [0.29, 0.717) is 47.7 Å². The third kappa shape index (κ3) is 6.38. The number of rotatable bonds is 8. The Morgan fingerprint density at radius 1 is 1.29 bits per heavy atom. The van der Waals surface area contributed by atoms with Crippen molar-refractivity contribution in [2.24, 2.45) is 0 Å². The van der Waals surface area contributed by atoms with Crippen LogP contribution < -0.4 is 15.0 Å². The van der Waals surface area contributed by atoms with Gasteiger partial charge >= 0.3 is 0 Å². The summed E-state index contributed by atoms with van der Waals surface area (Å²) in [5.74, 6) is 0.328. The first-order valence-electron chi connectivity index (χ1n) is 11.5. The largest absolute Gasteiger partial charge is 0.486 e. The molecule has 1 atom stereocenters. The van der Waals surface area contributed by atoms with Crippen molar-refractivity contribution in [3.05, 3.63) is 58.5 Å². The Balaban J connectivity index is 0.00000342. The maximum atomic E-state index is 14.0. The first-order chi connectivity index (χ1) is 16.5. The minimum absolute atomic E-state index is 0. The predicted octanol–water partition coefficient (Wildman–Crippen LogP) is 5.56. The summed E-state index contributed by atoms with van der Waals surface area (Å²) >= 11 is 5.80. The highest BCUT2D eigenvalue weighted by Gasteiger charge is 2.20. The molecule has 188 valence electrons. The van der Waals surface area contributed by atoms with E-state index in [1.54, 1.807) is 24.4 Å². The number of hydrogen-bond donors (Lipinski definition) is 1. The van der Waals surface area contributed by atoms with Crippen LogP contribution in [-0.4, -0.2) is 48.7 Å². The third-order valence-electron chi connectivity index (χ3n) is 5.72. The molecule has 0 radical (unpaired) electrons. The average molecular weight is 503 g/mol. The van der Waals surface area contributed by atoms with E-state index in [2.05, 4.69) is 22.1 Å². The van der Waals surface area contributed by atoms with E-state index in [1.807, 2.05) is 6.92 Å². The highest BCUT2D eigenvalue weighted by atomic mass is 35.5. The van der Waals surface area contributed by atoms with Crippen LogP contribution >= 0.6 is 11.6 Å². The Hall–Kier alpha value is -2.97. The van der Waals surface area contributed by atoms with Gasteiger partial charge in [-0.2, -0.15) is 0 Å². The third-order valence-corrected chi connectivity index (χ3v) is 6.03. The molecule has 2 heterocycles. The predicted molar refractivity (Wildman–Crippen MR) is 137 cm³/mol. The van der Waals surface area contributed by atoms with Gasteiger partial charge in [-0.05, 0) is 37.6 Å². The monoisotopic (exact) mass is 502 g/mol. The van der Waals surface area contributed by atoms with Crippen LogP contribution in [0.25, 0.3) is 11.0 Å². The highest BCUT2D eigenvalue weighted by molar-refractivity contribution is 6.30. The number of hydrogen-bond acceptors (Lipinski definition) is 6. The van der Waals surface area contributed by atoms with Crippen LogP contribution in [0.3, 0.4) is 0 Å². The van der Waals surface area contributed by atoms with E-state index in [9.17, 15) is 9.18 Å². The standard InChI is InChI=1S/C25H28ClFN4O3.CH4/c1-3-4-7-28-25(32)17-12-19(16(2)34-18-5-6-20(26)21(27)14-18)24-22(13-17)29-15-23(30-24)31-8-10-33-11-9-31;/h5-6,12-16H,3-4,7-11H2,1-2H3,(H,28,32);1H4. The second-order valence-electron chi connectivity index (χ2n) is 8.21. The van der Waals surface area contributed by atoms with Crippen molar-refractivity contribution < 1.29 is 18.7 Å². The molecule has 1 saturated heterocycles. The normalized spacial score (nSPS) is 14.3. The molecule has 1 N–H and O–H groups in total. The van der Waals surface area contributed by atoms with Crippen molar-refractivity contribution in [1.29, 1.82) is 0 Å². The number of halogens is 2. The molecule has 0 saturated carbocycles. The van der Waals surface area contributed by atoms with Gasteiger partial charge in [0.15, 0.2) is 0 Å². The van der Waals surface area contributed by atoms with Crippen LogP contribution in [-0.2, 0) is 4.74 Å². The average Bonchev–Trinajstić information content (AvgIpc) is 2.85. The molecule has 9 heteroatoms. The van der Waals surface area contributed by atoms with Gasteiger partial charge in [-0.1, -0.05) is 32.4 Å². The van der Waals surface area contributed by atoms with Crippen molar-refractivity contribution in [2.75, 3.05) is 37.7 Å². The van der Waals surface area contributed by atoms with Crippen molar-refractivity contribution in [3.8, 4) is 5.75 Å². The molecule has 3 aromatic rings. The Labute approximate surface area is 210 Å². The number of carbonyl (C=O) groups excluding carboxylic acids is 1. The number of ether oxygens (including phenoxy) is 2. The Kier molecular flexibility index (Phi) is 9.23. The zero-order chi connectivity index (χ0) is 24.1. The quantitative estimate of drug-likeness (QED) is 0.406. The number of fused-ring (bicyclic) bond motifs is 1. The van der Waals surface area contributed by atoms with Crippen molar-refractivity contribution in [1.82, 2.24) is 15.3 Å². The second-order valence-corrected chi connectivity index (χ2v) is 8.61. The minimum atomic E-state index is -0.560. The van der Waals surface area contributed by atoms with Gasteiger partial charge in [0.1, 0.15) is 23.5 Å². The molecule has 1 amide bonds. The van der Waals surface area contributed by atoms with Gasteiger partial charge in [0.25, 0.3) is 5.91 Å². The fourth-order valence-corrected chi connectivity index (χ4v) is 3.93. The van der Waals surface area contributed by atoms with Crippen LogP contribution in [0.4, 0.5) is 10.2 Å². The lowest BCUT2D eigenvalue weighted by Gasteiger charge is -2.28. The maximum Gasteiger partial charge on any atom is 0.251 e. The first kappa shape index (κ1) is 26.6. The number of benzene rings is 2. The second kappa shape index (κ2) is 12.1. The number of morpholine rings is 1. The van der Waals surface area contributed by atoms with E-state index < -0.39 is 11.9 Å². The SMILES string of the molecule is C.CCCCNC(=O)c1cc(C(C)Oc2ccc(Cl)c(F)c2)c2nc(N3CCOCC3)cnc2c1. The number of unbranched alkanes of at least 4 members (excludes halogenated alkanes) is 1. The number of aromatic nitrogens is 2. The van der Waals surface area contributed by atoms with Crippen LogP contribution in [0.15, 0.2) is 36.5 Å². The summed E-state index contributed by atoms with van der Waals surface area (Å²) in [6.45, 7) is 7.22. The zero-order valence-corrected chi connectivity index (χ0v) is 20.1. The van der Waals surface area contributed by atoms with E-state index >= 15 is 0 Å². The van der Waals surface area contributed by atoms with Crippen LogP contribution in [0.5, 0.6) is 5.75 Å². The van der Waals surface area contributed by atoms with Gasteiger partial charge in [0, 0.05) is 36.8 Å². The molecule has 1 aliphatic rings. The number of anilines is 1. The number of nitrogens with one attached hydrogen (secondary N) is 1. The Morgan fingerprint density at radius 2 is 2.06 bits per heavy atom. The van der Waals surface area contributed by atoms with Gasteiger partial charge in [0.2, 0.25) is 0 Å². The lowest BCUT2D eigenvalue weighted by Crippen LogP contribution is -2.36. The fourth-order valence-electron chi connectivity index (χ4n) is 3.82. The lowest BCUT2D eigenvalue weighted by molar-refractivity contribution is 0.0953. The molecule has 1 unspecified atom stereocenters. The minimum Gasteiger partial charge on any atom is -0.486 e. The van der Waals surface area contributed by atoms with E-state index in [-0.39, 0.29) is 18.4 Å². The van der Waals surface area contributed by atoms with Crippen LogP contribution in [0.2, 0.25) is 5.02 Å². The van der Waals surface area contributed by atoms with Crippen molar-refractivity contribution in [2.45, 2.75) is 40.2 Å². The van der Waals surface area contributed by atoms with E-state index in [1.165, 1.54) is 12.1 Å². The molecule has 2 aromatic carbocycles. The summed E-state index contributed by atoms with van der Waals surface area (Å²) < 4.78 is 25.4. The first-order valence-corrected chi connectivity index (χ1v) is 11.9. The summed E-state index contributed by atoms with van der Waals surface area (Å²) in [5, 5.41) is 2.97. The highest BCUT2D eigenvalue weighted by Crippen LogP contribution is 2.30. The zero-order valence-electron chi connectivity index (χ0n) is 19.3. The summed E-state index contributed by atoms with van der Waals surface area (Å²) in [7, 11) is 0. The van der Waals surface area contributed by atoms with Crippen LogP contribution in [0, 0.1) is 5.82 Å². The van der Waals surface area contributed by atoms with E-state index in [0.717, 1.165) is 31.7 Å². The maximum absolute atomic E-state index is 14.0. The van der Waals surface area contributed by atoms with Crippen molar-refractivity contribution >= 4 is 34.4 Å². The van der Waals surface area contributed by atoms with E-state index in [4.69, 9.17) is 26.1 Å². The number of nitrogens with zero attached hydrogens (tertiary/aromatic N) is 3. The molecule has 0 bridgehead atoms. The lowest BCUT2D eigenvalue weighted by atomic mass is 10.0. The fraction of sp³-hybridized carbons (Fsp3) is 0.423. The van der Waals surface area contributed by atoms with Gasteiger partial charge in [0.05, 0.1) is 35.5 Å². The summed E-state index contributed by atoms with van der Waals surface area (Å²) in [5.41, 5.74) is 2.39. The number of amides is 1. The molecule has 0 spiro atoms. The van der Waals surface area contributed by atoms with Crippen LogP contribution in [0.1, 0.15) is 56.1 Å². The molecule has 35 heavy (non-hydrogen) atoms. The smallest absolute Gasteiger partial charge is 0.251 e. The van der Waals surface area contributed by atoms with Gasteiger partial charge in [-0.25, -0.2) is 9.37 Å². The molecule has 4 rings (SSSR count). The van der Waals surface area contributed by atoms with Crippen molar-refractivity contribution in [3.63, 3.8) is 0 Å². The van der Waals surface area contributed by atoms with Gasteiger partial charge in [-0.15, -0.1) is 0 Å². The molecule has 0 aliphatic carbocycles.